The SMILES string of the molecule is COc1cccc2nc(CS(=O)[O-])sc12. The fourth-order valence-corrected chi connectivity index (χ4v) is 2.93. The second-order valence-electron chi connectivity index (χ2n) is 2.86. The molecular formula is C9H8NO3S2-. The van der Waals surface area contributed by atoms with Gasteiger partial charge in [0.25, 0.3) is 0 Å². The lowest BCUT2D eigenvalue weighted by Crippen LogP contribution is -1.91. The molecule has 15 heavy (non-hydrogen) atoms. The quantitative estimate of drug-likeness (QED) is 0.768. The third-order valence-corrected chi connectivity index (χ3v) is 3.66. The molecule has 2 aromatic rings. The summed E-state index contributed by atoms with van der Waals surface area (Å²) in [6, 6.07) is 5.50. The van der Waals surface area contributed by atoms with Crippen molar-refractivity contribution in [3.8, 4) is 5.75 Å². The maximum atomic E-state index is 10.5. The first-order valence-corrected chi connectivity index (χ1v) is 6.25. The zero-order chi connectivity index (χ0) is 10.8. The van der Waals surface area contributed by atoms with E-state index in [1.54, 1.807) is 7.11 Å². The predicted octanol–water partition coefficient (Wildman–Crippen LogP) is 1.68. The first kappa shape index (κ1) is 10.5. The molecule has 1 atom stereocenters. The van der Waals surface area contributed by atoms with Crippen LogP contribution in [0.5, 0.6) is 5.75 Å². The Labute approximate surface area is 93.2 Å². The van der Waals surface area contributed by atoms with E-state index in [1.165, 1.54) is 11.3 Å². The number of hydrogen-bond acceptors (Lipinski definition) is 5. The summed E-state index contributed by atoms with van der Waals surface area (Å²) in [6.45, 7) is 0. The molecule has 4 nitrogen and oxygen atoms in total. The Morgan fingerprint density at radius 2 is 2.40 bits per heavy atom. The van der Waals surface area contributed by atoms with E-state index in [9.17, 15) is 8.76 Å². The van der Waals surface area contributed by atoms with Crippen molar-refractivity contribution in [2.45, 2.75) is 5.75 Å². The molecule has 0 aliphatic carbocycles. The first-order chi connectivity index (χ1) is 7.20. The largest absolute Gasteiger partial charge is 0.772 e. The number of methoxy groups -OCH3 is 1. The zero-order valence-corrected chi connectivity index (χ0v) is 9.56. The number of aromatic nitrogens is 1. The number of nitrogens with zero attached hydrogens (tertiary/aromatic N) is 1. The highest BCUT2D eigenvalue weighted by atomic mass is 32.2. The molecule has 0 fully saturated rings. The highest BCUT2D eigenvalue weighted by molar-refractivity contribution is 7.78. The monoisotopic (exact) mass is 242 g/mol. The molecular weight excluding hydrogens is 234 g/mol. The van der Waals surface area contributed by atoms with Gasteiger partial charge >= 0.3 is 0 Å². The average Bonchev–Trinajstić information content (AvgIpc) is 2.58. The number of benzene rings is 1. The van der Waals surface area contributed by atoms with Gasteiger partial charge in [-0.1, -0.05) is 6.07 Å². The highest BCUT2D eigenvalue weighted by Crippen LogP contribution is 2.31. The van der Waals surface area contributed by atoms with E-state index in [-0.39, 0.29) is 5.75 Å². The standard InChI is InChI=1S/C9H9NO3S2/c1-13-7-4-2-3-6-9(7)14-8(10-6)5-15(11)12/h2-4H,5H2,1H3,(H,11,12)/p-1. The van der Waals surface area contributed by atoms with Crippen LogP contribution in [0.3, 0.4) is 0 Å². The molecule has 0 aliphatic heterocycles. The Balaban J connectivity index is 2.50. The molecule has 1 aromatic carbocycles. The van der Waals surface area contributed by atoms with Crippen molar-refractivity contribution >= 4 is 32.6 Å². The molecule has 0 saturated heterocycles. The number of thiazole rings is 1. The first-order valence-electron chi connectivity index (χ1n) is 4.19. The van der Waals surface area contributed by atoms with E-state index in [2.05, 4.69) is 4.98 Å². The topological polar surface area (TPSA) is 62.2 Å². The van der Waals surface area contributed by atoms with Crippen LogP contribution in [-0.2, 0) is 16.8 Å². The molecule has 0 amide bonds. The Hall–Kier alpha value is -0.980. The van der Waals surface area contributed by atoms with Crippen molar-refractivity contribution in [1.29, 1.82) is 0 Å². The lowest BCUT2D eigenvalue weighted by molar-refractivity contribution is 0.420. The van der Waals surface area contributed by atoms with Crippen LogP contribution in [0.25, 0.3) is 10.2 Å². The molecule has 0 radical (unpaired) electrons. The van der Waals surface area contributed by atoms with E-state index in [4.69, 9.17) is 4.74 Å². The zero-order valence-electron chi connectivity index (χ0n) is 7.93. The molecule has 1 aromatic heterocycles. The van der Waals surface area contributed by atoms with Gasteiger partial charge in [0.2, 0.25) is 0 Å². The van der Waals surface area contributed by atoms with Crippen molar-refractivity contribution in [2.75, 3.05) is 7.11 Å². The Morgan fingerprint density at radius 3 is 3.07 bits per heavy atom. The molecule has 0 saturated carbocycles. The van der Waals surface area contributed by atoms with Crippen molar-refractivity contribution in [1.82, 2.24) is 4.98 Å². The van der Waals surface area contributed by atoms with Gasteiger partial charge in [-0.05, 0) is 23.2 Å². The van der Waals surface area contributed by atoms with Crippen LogP contribution in [0.1, 0.15) is 5.01 Å². The second-order valence-corrected chi connectivity index (χ2v) is 4.84. The summed E-state index contributed by atoms with van der Waals surface area (Å²) in [7, 11) is 1.58. The molecule has 2 rings (SSSR count). The van der Waals surface area contributed by atoms with Crippen LogP contribution in [0, 0.1) is 0 Å². The Morgan fingerprint density at radius 1 is 1.60 bits per heavy atom. The fraction of sp³-hybridized carbons (Fsp3) is 0.222. The van der Waals surface area contributed by atoms with Crippen LogP contribution in [-0.4, -0.2) is 20.9 Å². The summed E-state index contributed by atoms with van der Waals surface area (Å²) in [4.78, 5) is 4.21. The molecule has 0 aliphatic rings. The van der Waals surface area contributed by atoms with E-state index >= 15 is 0 Å². The van der Waals surface area contributed by atoms with Crippen LogP contribution in [0.15, 0.2) is 18.2 Å². The third kappa shape index (κ3) is 2.17. The van der Waals surface area contributed by atoms with Crippen molar-refractivity contribution in [2.24, 2.45) is 0 Å². The van der Waals surface area contributed by atoms with Gasteiger partial charge < -0.3 is 9.29 Å². The summed E-state index contributed by atoms with van der Waals surface area (Å²) in [6.07, 6.45) is 0. The van der Waals surface area contributed by atoms with E-state index in [0.29, 0.717) is 5.01 Å². The number of hydrogen-bond donors (Lipinski definition) is 0. The number of rotatable bonds is 3. The Bertz CT molecular complexity index is 509. The lowest BCUT2D eigenvalue weighted by atomic mass is 10.3. The maximum Gasteiger partial charge on any atom is 0.138 e. The summed E-state index contributed by atoms with van der Waals surface area (Å²) in [5, 5.41) is 0.586. The van der Waals surface area contributed by atoms with Gasteiger partial charge in [-0.2, -0.15) is 0 Å². The molecule has 0 bridgehead atoms. The maximum absolute atomic E-state index is 10.5. The van der Waals surface area contributed by atoms with Crippen molar-refractivity contribution in [3.63, 3.8) is 0 Å². The summed E-state index contributed by atoms with van der Waals surface area (Å²) < 4.78 is 27.1. The number of ether oxygens (including phenoxy) is 1. The second kappa shape index (κ2) is 4.26. The molecule has 0 N–H and O–H groups in total. The molecule has 6 heteroatoms. The molecule has 1 unspecified atom stereocenters. The summed E-state index contributed by atoms with van der Waals surface area (Å²) >= 11 is -0.747. The minimum atomic E-state index is -2.09. The minimum absolute atomic E-state index is 0.0392. The van der Waals surface area contributed by atoms with Gasteiger partial charge in [-0.15, -0.1) is 11.3 Å². The van der Waals surface area contributed by atoms with Crippen molar-refractivity contribution < 1.29 is 13.5 Å². The van der Waals surface area contributed by atoms with Crippen LogP contribution >= 0.6 is 11.3 Å². The average molecular weight is 242 g/mol. The highest BCUT2D eigenvalue weighted by Gasteiger charge is 2.07. The lowest BCUT2D eigenvalue weighted by Gasteiger charge is -1.99. The molecule has 80 valence electrons. The normalized spacial score (nSPS) is 12.9. The van der Waals surface area contributed by atoms with Gasteiger partial charge in [0.1, 0.15) is 10.8 Å². The number of fused-ring (bicyclic) bond motifs is 1. The van der Waals surface area contributed by atoms with Crippen LogP contribution < -0.4 is 4.74 Å². The van der Waals surface area contributed by atoms with Gasteiger partial charge in [-0.3, -0.25) is 4.21 Å². The predicted molar refractivity (Wildman–Crippen MR) is 58.8 cm³/mol. The van der Waals surface area contributed by atoms with Gasteiger partial charge in [-0.25, -0.2) is 4.98 Å². The minimum Gasteiger partial charge on any atom is -0.772 e. The van der Waals surface area contributed by atoms with E-state index in [0.717, 1.165) is 16.0 Å². The smallest absolute Gasteiger partial charge is 0.138 e. The summed E-state index contributed by atoms with van der Waals surface area (Å²) in [5.41, 5.74) is 0.778. The Kier molecular flexibility index (Phi) is 2.99. The van der Waals surface area contributed by atoms with Gasteiger partial charge in [0.15, 0.2) is 0 Å². The van der Waals surface area contributed by atoms with Crippen LogP contribution in [0.4, 0.5) is 0 Å². The molecule has 1 heterocycles. The fourth-order valence-electron chi connectivity index (χ4n) is 1.29. The summed E-state index contributed by atoms with van der Waals surface area (Å²) in [5.74, 6) is 0.690. The van der Waals surface area contributed by atoms with Gasteiger partial charge in [0.05, 0.1) is 23.1 Å². The van der Waals surface area contributed by atoms with E-state index in [1.807, 2.05) is 18.2 Å². The van der Waals surface area contributed by atoms with Crippen molar-refractivity contribution in [3.05, 3.63) is 23.2 Å². The van der Waals surface area contributed by atoms with E-state index < -0.39 is 11.1 Å². The van der Waals surface area contributed by atoms with Gasteiger partial charge in [0, 0.05) is 0 Å². The van der Waals surface area contributed by atoms with Crippen LogP contribution in [0.2, 0.25) is 0 Å². The third-order valence-electron chi connectivity index (χ3n) is 1.88. The molecule has 0 spiro atoms.